The number of fused-ring (bicyclic) bond motifs is 1. The van der Waals surface area contributed by atoms with Gasteiger partial charge < -0.3 is 15.8 Å². The number of ether oxygens (including phenoxy) is 1. The molecule has 162 valence electrons. The van der Waals surface area contributed by atoms with Crippen LogP contribution in [0.4, 0.5) is 5.00 Å². The molecule has 1 aromatic heterocycles. The third kappa shape index (κ3) is 4.69. The number of nitrogens with one attached hydrogen (secondary N) is 1. The van der Waals surface area contributed by atoms with Crippen LogP contribution in [0.15, 0.2) is 71.2 Å². The molecular weight excluding hydrogens is 488 g/mol. The highest BCUT2D eigenvalue weighted by atomic mass is 79.9. The predicted molar refractivity (Wildman–Crippen MR) is 133 cm³/mol. The number of carbonyl (C=O) groups is 2. The fourth-order valence-corrected chi connectivity index (χ4v) is 5.39. The molecule has 0 fully saturated rings. The second kappa shape index (κ2) is 9.54. The van der Waals surface area contributed by atoms with Crippen molar-refractivity contribution in [1.29, 1.82) is 0 Å². The Bertz CT molecular complexity index is 1300. The molecule has 0 bridgehead atoms. The summed E-state index contributed by atoms with van der Waals surface area (Å²) >= 11 is 4.92. The molecule has 0 spiro atoms. The van der Waals surface area contributed by atoms with Gasteiger partial charge in [-0.1, -0.05) is 60.7 Å². The van der Waals surface area contributed by atoms with Gasteiger partial charge in [0.15, 0.2) is 6.61 Å². The minimum absolute atomic E-state index is 0.194. The van der Waals surface area contributed by atoms with Crippen LogP contribution in [-0.2, 0) is 11.2 Å². The van der Waals surface area contributed by atoms with Crippen molar-refractivity contribution in [2.24, 2.45) is 5.73 Å². The van der Waals surface area contributed by atoms with Gasteiger partial charge in [0, 0.05) is 11.3 Å². The fraction of sp³-hybridized carbons (Fsp3) is 0.120. The average Bonchev–Trinajstić information content (AvgIpc) is 3.08. The van der Waals surface area contributed by atoms with Crippen LogP contribution < -0.4 is 15.8 Å². The minimum atomic E-state index is -0.563. The highest BCUT2D eigenvalue weighted by Gasteiger charge is 2.21. The lowest BCUT2D eigenvalue weighted by atomic mass is 10.1. The number of carbonyl (C=O) groups excluding carboxylic acids is 2. The zero-order chi connectivity index (χ0) is 22.7. The lowest BCUT2D eigenvalue weighted by molar-refractivity contribution is -0.118. The Balaban J connectivity index is 1.50. The van der Waals surface area contributed by atoms with E-state index in [9.17, 15) is 9.59 Å². The zero-order valence-electron chi connectivity index (χ0n) is 17.4. The van der Waals surface area contributed by atoms with E-state index in [-0.39, 0.29) is 12.5 Å². The number of nitrogens with two attached hydrogens (primary N) is 1. The standard InChI is InChI=1S/C25H21BrN2O3S/c1-15-20(13-16-7-3-2-4-8-16)32-25(22(15)24(27)30)28-21(29)14-31-19-12-11-17-9-5-6-10-18(17)23(19)26/h2-12H,13-14H2,1H3,(H2,27,30)(H,28,29). The van der Waals surface area contributed by atoms with E-state index < -0.39 is 5.91 Å². The van der Waals surface area contributed by atoms with Crippen LogP contribution in [-0.4, -0.2) is 18.4 Å². The Labute approximate surface area is 198 Å². The van der Waals surface area contributed by atoms with Gasteiger partial charge in [0.2, 0.25) is 0 Å². The maximum absolute atomic E-state index is 12.6. The SMILES string of the molecule is Cc1c(Cc2ccccc2)sc(NC(=O)COc2ccc3ccccc3c2Br)c1C(N)=O. The van der Waals surface area contributed by atoms with Crippen LogP contribution in [0.5, 0.6) is 5.75 Å². The monoisotopic (exact) mass is 508 g/mol. The van der Waals surface area contributed by atoms with E-state index in [1.54, 1.807) is 0 Å². The van der Waals surface area contributed by atoms with E-state index in [1.807, 2.05) is 73.7 Å². The topological polar surface area (TPSA) is 81.4 Å². The van der Waals surface area contributed by atoms with Gasteiger partial charge in [0.05, 0.1) is 10.0 Å². The average molecular weight is 509 g/mol. The van der Waals surface area contributed by atoms with E-state index in [0.717, 1.165) is 31.2 Å². The van der Waals surface area contributed by atoms with Crippen molar-refractivity contribution in [3.8, 4) is 5.75 Å². The molecule has 0 unspecified atom stereocenters. The van der Waals surface area contributed by atoms with Crippen molar-refractivity contribution < 1.29 is 14.3 Å². The molecule has 4 aromatic rings. The summed E-state index contributed by atoms with van der Waals surface area (Å²) in [6.07, 6.45) is 0.661. The Morgan fingerprint density at radius 3 is 2.50 bits per heavy atom. The summed E-state index contributed by atoms with van der Waals surface area (Å²) in [7, 11) is 0. The second-order valence-electron chi connectivity index (χ2n) is 7.32. The third-order valence-electron chi connectivity index (χ3n) is 5.14. The van der Waals surface area contributed by atoms with Gasteiger partial charge >= 0.3 is 0 Å². The summed E-state index contributed by atoms with van der Waals surface area (Å²) in [4.78, 5) is 25.7. The Morgan fingerprint density at radius 1 is 1.03 bits per heavy atom. The minimum Gasteiger partial charge on any atom is -0.483 e. The van der Waals surface area contributed by atoms with Gasteiger partial charge in [0.25, 0.3) is 11.8 Å². The van der Waals surface area contributed by atoms with E-state index in [0.29, 0.717) is 22.7 Å². The lowest BCUT2D eigenvalue weighted by Crippen LogP contribution is -2.22. The number of primary amides is 1. The number of thiophene rings is 1. The summed E-state index contributed by atoms with van der Waals surface area (Å²) < 4.78 is 6.53. The predicted octanol–water partition coefficient (Wildman–Crippen LogP) is 5.68. The molecule has 0 aliphatic heterocycles. The maximum Gasteiger partial charge on any atom is 0.262 e. The first-order valence-corrected chi connectivity index (χ1v) is 11.6. The molecule has 4 rings (SSSR count). The molecule has 2 amide bonds. The fourth-order valence-electron chi connectivity index (χ4n) is 3.53. The number of halogens is 1. The van der Waals surface area contributed by atoms with Crippen LogP contribution in [0.25, 0.3) is 10.8 Å². The lowest BCUT2D eigenvalue weighted by Gasteiger charge is -2.10. The van der Waals surface area contributed by atoms with Gasteiger partial charge in [-0.2, -0.15) is 0 Å². The zero-order valence-corrected chi connectivity index (χ0v) is 19.8. The third-order valence-corrected chi connectivity index (χ3v) is 7.16. The van der Waals surface area contributed by atoms with Crippen molar-refractivity contribution in [1.82, 2.24) is 0 Å². The Hall–Kier alpha value is -3.16. The molecule has 7 heteroatoms. The highest BCUT2D eigenvalue weighted by Crippen LogP contribution is 2.35. The van der Waals surface area contributed by atoms with Crippen LogP contribution >= 0.6 is 27.3 Å². The van der Waals surface area contributed by atoms with Gasteiger partial charge in [-0.15, -0.1) is 11.3 Å². The largest absolute Gasteiger partial charge is 0.483 e. The molecule has 5 nitrogen and oxygen atoms in total. The molecule has 3 aromatic carbocycles. The van der Waals surface area contributed by atoms with Gasteiger partial charge in [-0.25, -0.2) is 0 Å². The van der Waals surface area contributed by atoms with Crippen LogP contribution in [0.2, 0.25) is 0 Å². The Kier molecular flexibility index (Phi) is 6.58. The summed E-state index contributed by atoms with van der Waals surface area (Å²) in [5.74, 6) is -0.354. The van der Waals surface area contributed by atoms with E-state index in [1.165, 1.54) is 11.3 Å². The maximum atomic E-state index is 12.6. The molecule has 0 atom stereocenters. The van der Waals surface area contributed by atoms with Crippen LogP contribution in [0.1, 0.15) is 26.4 Å². The second-order valence-corrected chi connectivity index (χ2v) is 9.21. The van der Waals surface area contributed by atoms with Gasteiger partial charge in [-0.05, 0) is 50.8 Å². The molecule has 0 aliphatic carbocycles. The molecule has 3 N–H and O–H groups in total. The van der Waals surface area contributed by atoms with E-state index >= 15 is 0 Å². The number of amides is 2. The number of anilines is 1. The quantitative estimate of drug-likeness (QED) is 0.337. The van der Waals surface area contributed by atoms with E-state index in [2.05, 4.69) is 21.2 Å². The smallest absolute Gasteiger partial charge is 0.262 e. The van der Waals surface area contributed by atoms with Gasteiger partial charge in [0.1, 0.15) is 10.8 Å². The normalized spacial score (nSPS) is 10.8. The van der Waals surface area contributed by atoms with Gasteiger partial charge in [-0.3, -0.25) is 9.59 Å². The van der Waals surface area contributed by atoms with E-state index in [4.69, 9.17) is 10.5 Å². The molecule has 1 heterocycles. The first-order chi connectivity index (χ1) is 15.4. The summed E-state index contributed by atoms with van der Waals surface area (Å²) in [6.45, 7) is 1.66. The number of benzene rings is 3. The van der Waals surface area contributed by atoms with Crippen LogP contribution in [0.3, 0.4) is 0 Å². The number of rotatable bonds is 7. The molecule has 32 heavy (non-hydrogen) atoms. The van der Waals surface area contributed by atoms with Crippen molar-refractivity contribution in [2.75, 3.05) is 11.9 Å². The summed E-state index contributed by atoms with van der Waals surface area (Å²) in [5, 5.41) is 5.33. The molecule has 0 aliphatic rings. The van der Waals surface area contributed by atoms with Crippen molar-refractivity contribution in [3.63, 3.8) is 0 Å². The summed E-state index contributed by atoms with van der Waals surface area (Å²) in [6, 6.07) is 21.6. The number of hydrogen-bond acceptors (Lipinski definition) is 4. The van der Waals surface area contributed by atoms with Crippen LogP contribution in [0, 0.1) is 6.92 Å². The first-order valence-electron chi connectivity index (χ1n) is 10.00. The molecule has 0 saturated heterocycles. The number of hydrogen-bond donors (Lipinski definition) is 2. The van der Waals surface area contributed by atoms with Crippen molar-refractivity contribution >= 4 is 54.9 Å². The van der Waals surface area contributed by atoms with Crippen molar-refractivity contribution in [2.45, 2.75) is 13.3 Å². The first kappa shape index (κ1) is 22.0. The molecular formula is C25H21BrN2O3S. The molecule has 0 saturated carbocycles. The highest BCUT2D eigenvalue weighted by molar-refractivity contribution is 9.10. The van der Waals surface area contributed by atoms with Crippen molar-refractivity contribution in [3.05, 3.63) is 92.8 Å². The molecule has 0 radical (unpaired) electrons. The summed E-state index contributed by atoms with van der Waals surface area (Å²) in [5.41, 5.74) is 7.87. The Morgan fingerprint density at radius 2 is 1.75 bits per heavy atom.